The molecule has 20 heavy (non-hydrogen) atoms. The number of aliphatic carboxylic acids is 1. The highest BCUT2D eigenvalue weighted by Gasteiger charge is 2.18. The summed E-state index contributed by atoms with van der Waals surface area (Å²) in [5.41, 5.74) is 0. The van der Waals surface area contributed by atoms with Crippen LogP contribution in [0, 0.1) is 5.92 Å². The molecule has 0 aliphatic rings. The maximum atomic E-state index is 11.9. The Bertz CT molecular complexity index is 297. The highest BCUT2D eigenvalue weighted by Crippen LogP contribution is 2.02. The summed E-state index contributed by atoms with van der Waals surface area (Å²) in [6, 6.07) is 0.139. The summed E-state index contributed by atoms with van der Waals surface area (Å²) in [7, 11) is 1.62. The van der Waals surface area contributed by atoms with E-state index in [1.165, 1.54) is 0 Å². The summed E-state index contributed by atoms with van der Waals surface area (Å²) in [6.07, 6.45) is 1.65. The Labute approximate surface area is 121 Å². The number of carbonyl (C=O) groups is 2. The standard InChI is InChI=1S/C14H28N2O4/c1-5-12(3)15-13(17)10-16(7-6-8-20-4)9-11(2)14(18)19/h11-12H,5-10H2,1-4H3,(H,15,17)(H,18,19). The maximum Gasteiger partial charge on any atom is 0.307 e. The first-order chi connectivity index (χ1) is 9.40. The fourth-order valence-corrected chi connectivity index (χ4v) is 1.76. The lowest BCUT2D eigenvalue weighted by Gasteiger charge is -2.24. The lowest BCUT2D eigenvalue weighted by molar-refractivity contribution is -0.142. The molecular weight excluding hydrogens is 260 g/mol. The highest BCUT2D eigenvalue weighted by molar-refractivity contribution is 5.78. The van der Waals surface area contributed by atoms with E-state index < -0.39 is 11.9 Å². The van der Waals surface area contributed by atoms with Crippen LogP contribution in [0.3, 0.4) is 0 Å². The van der Waals surface area contributed by atoms with Gasteiger partial charge in [0.2, 0.25) is 5.91 Å². The topological polar surface area (TPSA) is 78.9 Å². The second kappa shape index (κ2) is 10.6. The fourth-order valence-electron chi connectivity index (χ4n) is 1.76. The van der Waals surface area contributed by atoms with Gasteiger partial charge in [0.05, 0.1) is 12.5 Å². The Hall–Kier alpha value is -1.14. The smallest absolute Gasteiger partial charge is 0.307 e. The van der Waals surface area contributed by atoms with Crippen LogP contribution in [0.2, 0.25) is 0 Å². The summed E-state index contributed by atoms with van der Waals surface area (Å²) in [5, 5.41) is 11.9. The van der Waals surface area contributed by atoms with Crippen molar-refractivity contribution in [3.05, 3.63) is 0 Å². The van der Waals surface area contributed by atoms with Gasteiger partial charge < -0.3 is 15.2 Å². The Morgan fingerprint density at radius 3 is 2.50 bits per heavy atom. The average Bonchev–Trinajstić information content (AvgIpc) is 2.38. The molecule has 1 amide bonds. The monoisotopic (exact) mass is 288 g/mol. The van der Waals surface area contributed by atoms with Crippen molar-refractivity contribution in [2.75, 3.05) is 33.4 Å². The van der Waals surface area contributed by atoms with Crippen molar-refractivity contribution in [2.45, 2.75) is 39.7 Å². The molecule has 6 heteroatoms. The molecule has 0 radical (unpaired) electrons. The molecule has 6 nitrogen and oxygen atoms in total. The molecule has 0 saturated carbocycles. The Morgan fingerprint density at radius 2 is 2.00 bits per heavy atom. The number of carbonyl (C=O) groups excluding carboxylic acids is 1. The number of amides is 1. The SMILES string of the molecule is CCC(C)NC(=O)CN(CCCOC)CC(C)C(=O)O. The largest absolute Gasteiger partial charge is 0.481 e. The van der Waals surface area contributed by atoms with Crippen LogP contribution in [0.1, 0.15) is 33.6 Å². The van der Waals surface area contributed by atoms with Gasteiger partial charge in [0.25, 0.3) is 0 Å². The number of hydrogen-bond donors (Lipinski definition) is 2. The van der Waals surface area contributed by atoms with Gasteiger partial charge in [0, 0.05) is 32.8 Å². The van der Waals surface area contributed by atoms with E-state index in [2.05, 4.69) is 5.32 Å². The predicted molar refractivity (Wildman–Crippen MR) is 77.6 cm³/mol. The van der Waals surface area contributed by atoms with Crippen LogP contribution >= 0.6 is 0 Å². The number of nitrogens with zero attached hydrogens (tertiary/aromatic N) is 1. The third-order valence-electron chi connectivity index (χ3n) is 3.16. The summed E-state index contributed by atoms with van der Waals surface area (Å²) in [5.74, 6) is -1.40. The molecule has 0 aliphatic carbocycles. The van der Waals surface area contributed by atoms with E-state index >= 15 is 0 Å². The maximum absolute atomic E-state index is 11.9. The van der Waals surface area contributed by atoms with Crippen LogP contribution in [0.5, 0.6) is 0 Å². The average molecular weight is 288 g/mol. The van der Waals surface area contributed by atoms with Gasteiger partial charge in [-0.15, -0.1) is 0 Å². The number of rotatable bonds is 11. The quantitative estimate of drug-likeness (QED) is 0.554. The predicted octanol–water partition coefficient (Wildman–Crippen LogP) is 0.960. The fraction of sp³-hybridized carbons (Fsp3) is 0.857. The van der Waals surface area contributed by atoms with E-state index in [1.807, 2.05) is 18.7 Å². The first kappa shape index (κ1) is 18.9. The van der Waals surface area contributed by atoms with Crippen LogP contribution in [-0.4, -0.2) is 61.3 Å². The summed E-state index contributed by atoms with van der Waals surface area (Å²) in [6.45, 7) is 7.46. The van der Waals surface area contributed by atoms with E-state index in [0.717, 1.165) is 12.8 Å². The van der Waals surface area contributed by atoms with Gasteiger partial charge in [-0.1, -0.05) is 13.8 Å². The molecule has 0 fully saturated rings. The minimum atomic E-state index is -0.843. The van der Waals surface area contributed by atoms with Gasteiger partial charge in [-0.3, -0.25) is 14.5 Å². The lowest BCUT2D eigenvalue weighted by Crippen LogP contribution is -2.43. The molecule has 0 aromatic heterocycles. The number of nitrogens with one attached hydrogen (secondary N) is 1. The first-order valence-corrected chi connectivity index (χ1v) is 7.14. The zero-order valence-electron chi connectivity index (χ0n) is 13.0. The van der Waals surface area contributed by atoms with Crippen molar-refractivity contribution in [2.24, 2.45) is 5.92 Å². The Balaban J connectivity index is 4.35. The number of ether oxygens (including phenoxy) is 1. The lowest BCUT2D eigenvalue weighted by atomic mass is 10.1. The molecule has 0 aromatic rings. The third kappa shape index (κ3) is 8.87. The molecule has 0 spiro atoms. The normalized spacial score (nSPS) is 14.1. The summed E-state index contributed by atoms with van der Waals surface area (Å²) < 4.78 is 4.99. The molecule has 2 unspecified atom stereocenters. The molecule has 0 rings (SSSR count). The van der Waals surface area contributed by atoms with Gasteiger partial charge >= 0.3 is 5.97 Å². The van der Waals surface area contributed by atoms with Crippen LogP contribution in [0.25, 0.3) is 0 Å². The molecule has 0 saturated heterocycles. The van der Waals surface area contributed by atoms with Crippen LogP contribution in [-0.2, 0) is 14.3 Å². The molecule has 0 bridgehead atoms. The van der Waals surface area contributed by atoms with Crippen molar-refractivity contribution in [1.82, 2.24) is 10.2 Å². The zero-order chi connectivity index (χ0) is 15.5. The van der Waals surface area contributed by atoms with Gasteiger partial charge in [-0.05, 0) is 19.8 Å². The van der Waals surface area contributed by atoms with Crippen molar-refractivity contribution < 1.29 is 19.4 Å². The zero-order valence-corrected chi connectivity index (χ0v) is 13.0. The second-order valence-corrected chi connectivity index (χ2v) is 5.20. The molecule has 118 valence electrons. The molecular formula is C14H28N2O4. The van der Waals surface area contributed by atoms with Gasteiger partial charge in [0.1, 0.15) is 0 Å². The molecule has 2 N–H and O–H groups in total. The third-order valence-corrected chi connectivity index (χ3v) is 3.16. The van der Waals surface area contributed by atoms with Gasteiger partial charge in [-0.25, -0.2) is 0 Å². The number of carboxylic acid groups (broad SMARTS) is 1. The van der Waals surface area contributed by atoms with E-state index in [4.69, 9.17) is 9.84 Å². The molecule has 0 heterocycles. The van der Waals surface area contributed by atoms with Crippen LogP contribution in [0.15, 0.2) is 0 Å². The molecule has 0 aromatic carbocycles. The van der Waals surface area contributed by atoms with E-state index in [-0.39, 0.29) is 18.5 Å². The first-order valence-electron chi connectivity index (χ1n) is 7.14. The number of methoxy groups -OCH3 is 1. The minimum Gasteiger partial charge on any atom is -0.481 e. The number of carboxylic acids is 1. The van der Waals surface area contributed by atoms with Crippen molar-refractivity contribution in [1.29, 1.82) is 0 Å². The van der Waals surface area contributed by atoms with E-state index in [0.29, 0.717) is 19.7 Å². The highest BCUT2D eigenvalue weighted by atomic mass is 16.5. The van der Waals surface area contributed by atoms with Crippen molar-refractivity contribution in [3.8, 4) is 0 Å². The van der Waals surface area contributed by atoms with Crippen LogP contribution in [0.4, 0.5) is 0 Å². The summed E-state index contributed by atoms with van der Waals surface area (Å²) >= 11 is 0. The van der Waals surface area contributed by atoms with E-state index in [1.54, 1.807) is 14.0 Å². The van der Waals surface area contributed by atoms with Crippen molar-refractivity contribution >= 4 is 11.9 Å². The molecule has 2 atom stereocenters. The Kier molecular flexibility index (Phi) is 10.0. The Morgan fingerprint density at radius 1 is 1.35 bits per heavy atom. The van der Waals surface area contributed by atoms with E-state index in [9.17, 15) is 9.59 Å². The van der Waals surface area contributed by atoms with Gasteiger partial charge in [0.15, 0.2) is 0 Å². The summed E-state index contributed by atoms with van der Waals surface area (Å²) in [4.78, 5) is 24.7. The van der Waals surface area contributed by atoms with Gasteiger partial charge in [-0.2, -0.15) is 0 Å². The van der Waals surface area contributed by atoms with Crippen LogP contribution < -0.4 is 5.32 Å². The molecule has 0 aliphatic heterocycles. The second-order valence-electron chi connectivity index (χ2n) is 5.20. The minimum absolute atomic E-state index is 0.0608. The number of hydrogen-bond acceptors (Lipinski definition) is 4. The van der Waals surface area contributed by atoms with Crippen molar-refractivity contribution in [3.63, 3.8) is 0 Å².